The van der Waals surface area contributed by atoms with Gasteiger partial charge >= 0.3 is 6.03 Å². The molecule has 3 amide bonds. The number of urea groups is 1. The maximum absolute atomic E-state index is 12.4. The van der Waals surface area contributed by atoms with Crippen LogP contribution in [-0.2, 0) is 11.3 Å². The van der Waals surface area contributed by atoms with E-state index in [1.807, 2.05) is 18.2 Å². The number of aromatic nitrogens is 1. The van der Waals surface area contributed by atoms with Gasteiger partial charge < -0.3 is 14.6 Å². The van der Waals surface area contributed by atoms with Gasteiger partial charge in [0, 0.05) is 36.3 Å². The van der Waals surface area contributed by atoms with Crippen LogP contribution < -0.4 is 4.74 Å². The summed E-state index contributed by atoms with van der Waals surface area (Å²) in [6.45, 7) is 0.979. The van der Waals surface area contributed by atoms with Gasteiger partial charge in [0.15, 0.2) is 0 Å². The Kier molecular flexibility index (Phi) is 2.34. The second kappa shape index (κ2) is 4.00. The molecule has 1 aromatic carbocycles. The first-order valence-electron chi connectivity index (χ1n) is 6.85. The van der Waals surface area contributed by atoms with Gasteiger partial charge in [0.05, 0.1) is 19.6 Å². The topological polar surface area (TPSA) is 65.6 Å². The summed E-state index contributed by atoms with van der Waals surface area (Å²) in [4.78, 5) is 30.7. The van der Waals surface area contributed by atoms with Crippen molar-refractivity contribution in [1.82, 2.24) is 14.8 Å². The van der Waals surface area contributed by atoms with Crippen molar-refractivity contribution in [1.29, 1.82) is 0 Å². The number of hydrogen-bond acceptors (Lipinski definition) is 3. The first-order chi connectivity index (χ1) is 10.1. The fourth-order valence-electron chi connectivity index (χ4n) is 3.36. The monoisotopic (exact) mass is 285 g/mol. The highest BCUT2D eigenvalue weighted by Crippen LogP contribution is 2.39. The molecule has 1 N–H and O–H groups in total. The molecule has 1 fully saturated rings. The van der Waals surface area contributed by atoms with Crippen LogP contribution in [0.25, 0.3) is 10.9 Å². The number of imide groups is 1. The number of carbonyl (C=O) groups is 2. The SMILES string of the molecule is COc1ccc2c3c([nH]c2c1)CN1C[C@H]3C(=O)N(C)C1=O. The first kappa shape index (κ1) is 12.3. The average Bonchev–Trinajstić information content (AvgIpc) is 2.87. The molecule has 2 aliphatic heterocycles. The van der Waals surface area contributed by atoms with Gasteiger partial charge in [0.25, 0.3) is 0 Å². The molecular weight excluding hydrogens is 270 g/mol. The molecule has 108 valence electrons. The number of carbonyl (C=O) groups excluding carboxylic acids is 2. The fourth-order valence-corrected chi connectivity index (χ4v) is 3.36. The van der Waals surface area contributed by atoms with Crippen molar-refractivity contribution >= 4 is 22.8 Å². The number of likely N-dealkylation sites (N-methyl/N-ethyl adjacent to an activating group) is 1. The van der Waals surface area contributed by atoms with E-state index in [9.17, 15) is 9.59 Å². The van der Waals surface area contributed by atoms with Crippen LogP contribution in [0.4, 0.5) is 4.79 Å². The van der Waals surface area contributed by atoms with E-state index in [1.165, 1.54) is 4.90 Å². The van der Waals surface area contributed by atoms with E-state index in [1.54, 1.807) is 19.1 Å². The molecule has 3 heterocycles. The second-order valence-corrected chi connectivity index (χ2v) is 5.54. The summed E-state index contributed by atoms with van der Waals surface area (Å²) < 4.78 is 5.24. The van der Waals surface area contributed by atoms with E-state index in [4.69, 9.17) is 4.74 Å². The molecule has 0 unspecified atom stereocenters. The molecule has 0 aliphatic carbocycles. The van der Waals surface area contributed by atoms with E-state index in [2.05, 4.69) is 4.98 Å². The molecule has 0 saturated carbocycles. The summed E-state index contributed by atoms with van der Waals surface area (Å²) in [7, 11) is 3.17. The molecule has 6 nitrogen and oxygen atoms in total. The summed E-state index contributed by atoms with van der Waals surface area (Å²) in [6, 6.07) is 5.56. The highest BCUT2D eigenvalue weighted by molar-refractivity contribution is 6.03. The van der Waals surface area contributed by atoms with Gasteiger partial charge in [-0.15, -0.1) is 0 Å². The number of aromatic amines is 1. The summed E-state index contributed by atoms with van der Waals surface area (Å²) in [5.41, 5.74) is 2.91. The molecule has 0 spiro atoms. The van der Waals surface area contributed by atoms with E-state index < -0.39 is 0 Å². The Morgan fingerprint density at radius 1 is 1.33 bits per heavy atom. The van der Waals surface area contributed by atoms with Crippen LogP contribution in [0.3, 0.4) is 0 Å². The molecule has 2 aliphatic rings. The number of amides is 3. The van der Waals surface area contributed by atoms with E-state index in [-0.39, 0.29) is 17.9 Å². The normalized spacial score (nSPS) is 21.0. The van der Waals surface area contributed by atoms with Gasteiger partial charge in [-0.1, -0.05) is 0 Å². The average molecular weight is 285 g/mol. The number of methoxy groups -OCH3 is 1. The van der Waals surface area contributed by atoms with Gasteiger partial charge in [-0.25, -0.2) is 4.79 Å². The van der Waals surface area contributed by atoms with Crippen molar-refractivity contribution in [3.05, 3.63) is 29.5 Å². The van der Waals surface area contributed by atoms with Crippen LogP contribution in [0.5, 0.6) is 5.75 Å². The number of H-pyrrole nitrogens is 1. The molecule has 21 heavy (non-hydrogen) atoms. The lowest BCUT2D eigenvalue weighted by molar-refractivity contribution is -0.132. The maximum Gasteiger partial charge on any atom is 0.326 e. The Hall–Kier alpha value is -2.50. The number of ether oxygens (including phenoxy) is 1. The largest absolute Gasteiger partial charge is 0.497 e. The first-order valence-corrected chi connectivity index (χ1v) is 6.85. The molecule has 6 heteroatoms. The lowest BCUT2D eigenvalue weighted by Gasteiger charge is -2.40. The Labute approximate surface area is 121 Å². The molecule has 0 radical (unpaired) electrons. The summed E-state index contributed by atoms with van der Waals surface area (Å²) in [5.74, 6) is 0.358. The Morgan fingerprint density at radius 2 is 2.14 bits per heavy atom. The molecule has 1 atom stereocenters. The van der Waals surface area contributed by atoms with Gasteiger partial charge in [0.2, 0.25) is 5.91 Å². The van der Waals surface area contributed by atoms with Crippen molar-refractivity contribution in [3.63, 3.8) is 0 Å². The zero-order chi connectivity index (χ0) is 14.7. The lowest BCUT2D eigenvalue weighted by Crippen LogP contribution is -2.55. The second-order valence-electron chi connectivity index (χ2n) is 5.54. The minimum atomic E-state index is -0.279. The molecule has 2 aromatic rings. The van der Waals surface area contributed by atoms with Gasteiger partial charge in [-0.2, -0.15) is 0 Å². The van der Waals surface area contributed by atoms with Crippen molar-refractivity contribution in [2.24, 2.45) is 0 Å². The Bertz CT molecular complexity index is 780. The van der Waals surface area contributed by atoms with Crippen molar-refractivity contribution in [2.75, 3.05) is 20.7 Å². The van der Waals surface area contributed by atoms with Crippen LogP contribution >= 0.6 is 0 Å². The molecular formula is C15H15N3O3. The predicted molar refractivity (Wildman–Crippen MR) is 76.2 cm³/mol. The van der Waals surface area contributed by atoms with Crippen LogP contribution in [0, 0.1) is 0 Å². The number of benzene rings is 1. The maximum atomic E-state index is 12.4. The molecule has 4 rings (SSSR count). The molecule has 2 bridgehead atoms. The standard InChI is InChI=1S/C15H15N3O3/c1-17-14(19)10-6-18(15(17)20)7-12-13(10)9-4-3-8(21-2)5-11(9)16-12/h3-5,10,16H,6-7H2,1-2H3/t10-/m1/s1. The number of nitrogens with one attached hydrogen (secondary N) is 1. The smallest absolute Gasteiger partial charge is 0.326 e. The highest BCUT2D eigenvalue weighted by atomic mass is 16.5. The van der Waals surface area contributed by atoms with Crippen molar-refractivity contribution < 1.29 is 14.3 Å². The van der Waals surface area contributed by atoms with Crippen molar-refractivity contribution in [2.45, 2.75) is 12.5 Å². The summed E-state index contributed by atoms with van der Waals surface area (Å²) in [6.07, 6.45) is 0. The van der Waals surface area contributed by atoms with Crippen LogP contribution in [0.2, 0.25) is 0 Å². The van der Waals surface area contributed by atoms with Crippen LogP contribution in [0.1, 0.15) is 17.2 Å². The Morgan fingerprint density at radius 3 is 2.90 bits per heavy atom. The van der Waals surface area contributed by atoms with E-state index in [0.29, 0.717) is 13.1 Å². The molecule has 1 saturated heterocycles. The zero-order valence-corrected chi connectivity index (χ0v) is 11.8. The quantitative estimate of drug-likeness (QED) is 0.866. The van der Waals surface area contributed by atoms with E-state index in [0.717, 1.165) is 27.9 Å². The van der Waals surface area contributed by atoms with Crippen LogP contribution in [-0.4, -0.2) is 47.4 Å². The third kappa shape index (κ3) is 1.53. The van der Waals surface area contributed by atoms with E-state index >= 15 is 0 Å². The van der Waals surface area contributed by atoms with Crippen molar-refractivity contribution in [3.8, 4) is 5.75 Å². The molecule has 1 aromatic heterocycles. The van der Waals surface area contributed by atoms with Gasteiger partial charge in [-0.05, 0) is 17.7 Å². The highest BCUT2D eigenvalue weighted by Gasteiger charge is 2.43. The van der Waals surface area contributed by atoms with Crippen LogP contribution in [0.15, 0.2) is 18.2 Å². The minimum Gasteiger partial charge on any atom is -0.497 e. The number of rotatable bonds is 1. The fraction of sp³-hybridized carbons (Fsp3) is 0.333. The number of nitrogens with zero attached hydrogens (tertiary/aromatic N) is 2. The number of hydrogen-bond donors (Lipinski definition) is 1. The summed E-state index contributed by atoms with van der Waals surface area (Å²) in [5, 5.41) is 1.03. The summed E-state index contributed by atoms with van der Waals surface area (Å²) >= 11 is 0. The minimum absolute atomic E-state index is 0.131. The predicted octanol–water partition coefficient (Wildman–Crippen LogP) is 1.67. The van der Waals surface area contributed by atoms with Gasteiger partial charge in [0.1, 0.15) is 5.75 Å². The number of fused-ring (bicyclic) bond motifs is 6. The van der Waals surface area contributed by atoms with Gasteiger partial charge in [-0.3, -0.25) is 9.69 Å². The third-order valence-electron chi connectivity index (χ3n) is 4.41. The zero-order valence-electron chi connectivity index (χ0n) is 11.8. The Balaban J connectivity index is 1.93. The third-order valence-corrected chi connectivity index (χ3v) is 4.41. The lowest BCUT2D eigenvalue weighted by atomic mass is 9.89.